The first-order valence-electron chi connectivity index (χ1n) is 6.86. The van der Waals surface area contributed by atoms with E-state index < -0.39 is 0 Å². The molecule has 0 amide bonds. The fourth-order valence-corrected chi connectivity index (χ4v) is 2.40. The highest BCUT2D eigenvalue weighted by atomic mass is 16.5. The summed E-state index contributed by atoms with van der Waals surface area (Å²) in [7, 11) is 0. The van der Waals surface area contributed by atoms with Gasteiger partial charge in [-0.15, -0.1) is 0 Å². The van der Waals surface area contributed by atoms with E-state index in [0.717, 1.165) is 30.7 Å². The topological polar surface area (TPSA) is 41.5 Å². The second-order valence-corrected chi connectivity index (χ2v) is 5.29. The van der Waals surface area contributed by atoms with Crippen molar-refractivity contribution in [2.75, 3.05) is 5.32 Å². The van der Waals surface area contributed by atoms with Crippen molar-refractivity contribution in [2.45, 2.75) is 57.8 Å². The van der Waals surface area contributed by atoms with Gasteiger partial charge in [-0.25, -0.2) is 0 Å². The normalized spacial score (nSPS) is 24.0. The molecule has 0 spiro atoms. The Kier molecular flexibility index (Phi) is 4.48. The monoisotopic (exact) mass is 249 g/mol. The standard InChI is InChI=1S/C15H23NO2/c1-11(2)18-13-9-7-12(8-10-13)16-14-5-3-4-6-15(14)17/h7-11,14-17H,3-6H2,1-2H3/t14-,15-/m1/s1. The lowest BCUT2D eigenvalue weighted by molar-refractivity contribution is 0.116. The number of rotatable bonds is 4. The van der Waals surface area contributed by atoms with Gasteiger partial charge in [0.2, 0.25) is 0 Å². The quantitative estimate of drug-likeness (QED) is 0.861. The zero-order chi connectivity index (χ0) is 13.0. The summed E-state index contributed by atoms with van der Waals surface area (Å²) in [5.41, 5.74) is 1.05. The van der Waals surface area contributed by atoms with Crippen molar-refractivity contribution in [2.24, 2.45) is 0 Å². The molecule has 2 atom stereocenters. The smallest absolute Gasteiger partial charge is 0.119 e. The minimum Gasteiger partial charge on any atom is -0.491 e. The Morgan fingerprint density at radius 2 is 1.83 bits per heavy atom. The predicted molar refractivity (Wildman–Crippen MR) is 74.1 cm³/mol. The third kappa shape index (κ3) is 3.64. The van der Waals surface area contributed by atoms with Gasteiger partial charge < -0.3 is 15.2 Å². The Labute approximate surface area is 109 Å². The van der Waals surface area contributed by atoms with Crippen LogP contribution in [-0.2, 0) is 0 Å². The van der Waals surface area contributed by atoms with Gasteiger partial charge in [0.15, 0.2) is 0 Å². The van der Waals surface area contributed by atoms with Crippen molar-refractivity contribution in [3.63, 3.8) is 0 Å². The maximum atomic E-state index is 9.92. The van der Waals surface area contributed by atoms with Crippen LogP contribution in [0.2, 0.25) is 0 Å². The van der Waals surface area contributed by atoms with Crippen molar-refractivity contribution in [3.8, 4) is 5.75 Å². The van der Waals surface area contributed by atoms with Crippen LogP contribution in [0.5, 0.6) is 5.75 Å². The van der Waals surface area contributed by atoms with Gasteiger partial charge in [0.25, 0.3) is 0 Å². The van der Waals surface area contributed by atoms with Crippen molar-refractivity contribution in [1.82, 2.24) is 0 Å². The summed E-state index contributed by atoms with van der Waals surface area (Å²) in [6.45, 7) is 4.04. The first-order chi connectivity index (χ1) is 8.65. The molecular weight excluding hydrogens is 226 g/mol. The molecule has 0 heterocycles. The van der Waals surface area contributed by atoms with Crippen LogP contribution in [0.3, 0.4) is 0 Å². The summed E-state index contributed by atoms with van der Waals surface area (Å²) in [6, 6.07) is 8.16. The van der Waals surface area contributed by atoms with Crippen molar-refractivity contribution in [3.05, 3.63) is 24.3 Å². The second kappa shape index (κ2) is 6.10. The highest BCUT2D eigenvalue weighted by Crippen LogP contribution is 2.23. The minimum absolute atomic E-state index is 0.190. The lowest BCUT2D eigenvalue weighted by Gasteiger charge is -2.29. The summed E-state index contributed by atoms with van der Waals surface area (Å²) in [6.07, 6.45) is 4.27. The summed E-state index contributed by atoms with van der Waals surface area (Å²) < 4.78 is 5.60. The van der Waals surface area contributed by atoms with Gasteiger partial charge in [0.1, 0.15) is 5.75 Å². The van der Waals surface area contributed by atoms with Crippen LogP contribution in [0.1, 0.15) is 39.5 Å². The van der Waals surface area contributed by atoms with Crippen LogP contribution in [0, 0.1) is 0 Å². The third-order valence-electron chi connectivity index (χ3n) is 3.31. The van der Waals surface area contributed by atoms with Crippen LogP contribution in [-0.4, -0.2) is 23.4 Å². The maximum absolute atomic E-state index is 9.92. The van der Waals surface area contributed by atoms with Crippen LogP contribution in [0.15, 0.2) is 24.3 Å². The van der Waals surface area contributed by atoms with Crippen LogP contribution in [0.4, 0.5) is 5.69 Å². The van der Waals surface area contributed by atoms with Crippen molar-refractivity contribution >= 4 is 5.69 Å². The summed E-state index contributed by atoms with van der Waals surface area (Å²) in [5, 5.41) is 13.3. The lowest BCUT2D eigenvalue weighted by atomic mass is 9.92. The summed E-state index contributed by atoms with van der Waals surface area (Å²) in [5.74, 6) is 0.889. The second-order valence-electron chi connectivity index (χ2n) is 5.29. The number of nitrogens with one attached hydrogen (secondary N) is 1. The van der Waals surface area contributed by atoms with E-state index in [1.807, 2.05) is 38.1 Å². The van der Waals surface area contributed by atoms with E-state index in [9.17, 15) is 5.11 Å². The molecule has 1 aliphatic carbocycles. The number of hydrogen-bond donors (Lipinski definition) is 2. The van der Waals surface area contributed by atoms with Gasteiger partial charge in [-0.05, 0) is 51.0 Å². The molecule has 2 N–H and O–H groups in total. The molecule has 3 nitrogen and oxygen atoms in total. The van der Waals surface area contributed by atoms with E-state index in [1.54, 1.807) is 0 Å². The Morgan fingerprint density at radius 3 is 2.44 bits per heavy atom. The van der Waals surface area contributed by atoms with Gasteiger partial charge >= 0.3 is 0 Å². The van der Waals surface area contributed by atoms with E-state index in [-0.39, 0.29) is 18.2 Å². The molecule has 0 saturated heterocycles. The molecule has 0 unspecified atom stereocenters. The lowest BCUT2D eigenvalue weighted by Crippen LogP contribution is -2.36. The highest BCUT2D eigenvalue weighted by Gasteiger charge is 2.22. The predicted octanol–water partition coefficient (Wildman–Crippen LogP) is 3.19. The Balaban J connectivity index is 1.93. The molecule has 1 aromatic rings. The van der Waals surface area contributed by atoms with Crippen molar-refractivity contribution in [1.29, 1.82) is 0 Å². The first-order valence-corrected chi connectivity index (χ1v) is 6.86. The molecule has 18 heavy (non-hydrogen) atoms. The SMILES string of the molecule is CC(C)Oc1ccc(N[C@@H]2CCCC[C@H]2O)cc1. The number of benzene rings is 1. The van der Waals surface area contributed by atoms with E-state index in [1.165, 1.54) is 6.42 Å². The first kappa shape index (κ1) is 13.2. The fourth-order valence-electron chi connectivity index (χ4n) is 2.40. The molecule has 1 fully saturated rings. The van der Waals surface area contributed by atoms with Gasteiger partial charge in [-0.3, -0.25) is 0 Å². The zero-order valence-electron chi connectivity index (χ0n) is 11.2. The molecule has 0 radical (unpaired) electrons. The van der Waals surface area contributed by atoms with Crippen LogP contribution < -0.4 is 10.1 Å². The molecule has 2 rings (SSSR count). The number of aliphatic hydroxyl groups excluding tert-OH is 1. The Morgan fingerprint density at radius 1 is 1.17 bits per heavy atom. The van der Waals surface area contributed by atoms with Crippen LogP contribution >= 0.6 is 0 Å². The molecular formula is C15H23NO2. The Hall–Kier alpha value is -1.22. The number of aliphatic hydroxyl groups is 1. The van der Waals surface area contributed by atoms with Crippen LogP contribution in [0.25, 0.3) is 0 Å². The number of hydrogen-bond acceptors (Lipinski definition) is 3. The molecule has 1 aromatic carbocycles. The third-order valence-corrected chi connectivity index (χ3v) is 3.31. The van der Waals surface area contributed by atoms with E-state index in [0.29, 0.717) is 0 Å². The fraction of sp³-hybridized carbons (Fsp3) is 0.600. The largest absolute Gasteiger partial charge is 0.491 e. The van der Waals surface area contributed by atoms with E-state index in [2.05, 4.69) is 5.32 Å². The molecule has 0 aromatic heterocycles. The molecule has 0 bridgehead atoms. The average Bonchev–Trinajstić information content (AvgIpc) is 2.34. The van der Waals surface area contributed by atoms with Gasteiger partial charge in [0, 0.05) is 5.69 Å². The molecule has 100 valence electrons. The molecule has 1 saturated carbocycles. The number of ether oxygens (including phenoxy) is 1. The van der Waals surface area contributed by atoms with E-state index >= 15 is 0 Å². The average molecular weight is 249 g/mol. The van der Waals surface area contributed by atoms with Gasteiger partial charge in [0.05, 0.1) is 18.2 Å². The van der Waals surface area contributed by atoms with E-state index in [4.69, 9.17) is 4.74 Å². The highest BCUT2D eigenvalue weighted by molar-refractivity contribution is 5.47. The zero-order valence-corrected chi connectivity index (χ0v) is 11.2. The minimum atomic E-state index is -0.217. The Bertz CT molecular complexity index is 361. The summed E-state index contributed by atoms with van der Waals surface area (Å²) in [4.78, 5) is 0. The van der Waals surface area contributed by atoms with Gasteiger partial charge in [-0.1, -0.05) is 12.8 Å². The summed E-state index contributed by atoms with van der Waals surface area (Å²) >= 11 is 0. The maximum Gasteiger partial charge on any atom is 0.119 e. The molecule has 0 aliphatic heterocycles. The molecule has 3 heteroatoms. The van der Waals surface area contributed by atoms with Gasteiger partial charge in [-0.2, -0.15) is 0 Å². The van der Waals surface area contributed by atoms with Crippen molar-refractivity contribution < 1.29 is 9.84 Å². The molecule has 1 aliphatic rings. The number of anilines is 1.